The lowest BCUT2D eigenvalue weighted by Gasteiger charge is -2.19. The standard InChI is InChI=1S/C24H32O5S/c1-19-10-16-22(17-11-19)30(26,27)28-18-8-6-5-7-9-20-12-14-21(15-13-20)23(25)29-24(2,3)4/h10-17H,5-9,18H2,1-4H3. The summed E-state index contributed by atoms with van der Waals surface area (Å²) in [6.45, 7) is 7.65. The summed E-state index contributed by atoms with van der Waals surface area (Å²) >= 11 is 0. The maximum absolute atomic E-state index is 12.1. The van der Waals surface area contributed by atoms with Crippen LogP contribution >= 0.6 is 0 Å². The Morgan fingerprint density at radius 2 is 1.47 bits per heavy atom. The van der Waals surface area contributed by atoms with Gasteiger partial charge in [-0.25, -0.2) is 4.79 Å². The van der Waals surface area contributed by atoms with E-state index in [1.54, 1.807) is 36.4 Å². The highest BCUT2D eigenvalue weighted by molar-refractivity contribution is 7.86. The van der Waals surface area contributed by atoms with Crippen molar-refractivity contribution >= 4 is 16.1 Å². The van der Waals surface area contributed by atoms with Crippen molar-refractivity contribution in [1.82, 2.24) is 0 Å². The molecule has 0 heterocycles. The number of benzene rings is 2. The van der Waals surface area contributed by atoms with Crippen molar-refractivity contribution < 1.29 is 22.1 Å². The first-order valence-corrected chi connectivity index (χ1v) is 11.8. The van der Waals surface area contributed by atoms with Gasteiger partial charge in [-0.15, -0.1) is 0 Å². The molecule has 0 saturated carbocycles. The average molecular weight is 433 g/mol. The van der Waals surface area contributed by atoms with Crippen molar-refractivity contribution in [3.05, 3.63) is 65.2 Å². The van der Waals surface area contributed by atoms with E-state index in [-0.39, 0.29) is 17.5 Å². The fraction of sp³-hybridized carbons (Fsp3) is 0.458. The van der Waals surface area contributed by atoms with Crippen molar-refractivity contribution in [2.24, 2.45) is 0 Å². The number of aryl methyl sites for hydroxylation is 2. The maximum atomic E-state index is 12.1. The van der Waals surface area contributed by atoms with Crippen molar-refractivity contribution in [3.8, 4) is 0 Å². The van der Waals surface area contributed by atoms with Gasteiger partial charge in [-0.3, -0.25) is 4.18 Å². The highest BCUT2D eigenvalue weighted by atomic mass is 32.2. The molecule has 0 aliphatic carbocycles. The molecule has 0 aromatic heterocycles. The molecule has 2 aromatic rings. The first kappa shape index (κ1) is 24.1. The van der Waals surface area contributed by atoms with Crippen molar-refractivity contribution in [3.63, 3.8) is 0 Å². The molecule has 2 rings (SSSR count). The van der Waals surface area contributed by atoms with Crippen LogP contribution in [0.4, 0.5) is 0 Å². The van der Waals surface area contributed by atoms with Crippen LogP contribution in [0.2, 0.25) is 0 Å². The van der Waals surface area contributed by atoms with Gasteiger partial charge in [0.25, 0.3) is 10.1 Å². The van der Waals surface area contributed by atoms with Gasteiger partial charge in [-0.05, 0) is 76.8 Å². The fourth-order valence-electron chi connectivity index (χ4n) is 2.87. The normalized spacial score (nSPS) is 12.0. The van der Waals surface area contributed by atoms with E-state index in [4.69, 9.17) is 8.92 Å². The van der Waals surface area contributed by atoms with E-state index in [0.29, 0.717) is 12.0 Å². The van der Waals surface area contributed by atoms with Crippen molar-refractivity contribution in [2.45, 2.75) is 70.3 Å². The van der Waals surface area contributed by atoms with Crippen LogP contribution in [0.15, 0.2) is 53.4 Å². The summed E-state index contributed by atoms with van der Waals surface area (Å²) in [7, 11) is -3.67. The summed E-state index contributed by atoms with van der Waals surface area (Å²) in [5.41, 5.74) is 2.23. The summed E-state index contributed by atoms with van der Waals surface area (Å²) in [4.78, 5) is 12.2. The van der Waals surface area contributed by atoms with E-state index >= 15 is 0 Å². The van der Waals surface area contributed by atoms with Gasteiger partial charge in [0.2, 0.25) is 0 Å². The Labute approximate surface area is 180 Å². The van der Waals surface area contributed by atoms with Gasteiger partial charge in [0.15, 0.2) is 0 Å². The second kappa shape index (κ2) is 10.7. The van der Waals surface area contributed by atoms with E-state index < -0.39 is 15.7 Å². The van der Waals surface area contributed by atoms with Crippen LogP contribution in [0.3, 0.4) is 0 Å². The quantitative estimate of drug-likeness (QED) is 0.283. The Morgan fingerprint density at radius 3 is 2.07 bits per heavy atom. The fourth-order valence-corrected chi connectivity index (χ4v) is 3.81. The van der Waals surface area contributed by atoms with Gasteiger partial charge in [0.1, 0.15) is 5.60 Å². The first-order chi connectivity index (χ1) is 14.1. The van der Waals surface area contributed by atoms with Crippen LogP contribution in [0, 0.1) is 6.92 Å². The average Bonchev–Trinajstić information content (AvgIpc) is 2.66. The molecule has 0 atom stereocenters. The summed E-state index contributed by atoms with van der Waals surface area (Å²) in [6, 6.07) is 14.2. The number of esters is 1. The zero-order valence-corrected chi connectivity index (χ0v) is 19.1. The largest absolute Gasteiger partial charge is 0.456 e. The Morgan fingerprint density at radius 1 is 0.867 bits per heavy atom. The number of carbonyl (C=O) groups is 1. The molecular weight excluding hydrogens is 400 g/mol. The molecule has 0 aliphatic heterocycles. The first-order valence-electron chi connectivity index (χ1n) is 10.4. The second-order valence-electron chi connectivity index (χ2n) is 8.45. The molecule has 0 N–H and O–H groups in total. The monoisotopic (exact) mass is 432 g/mol. The summed E-state index contributed by atoms with van der Waals surface area (Å²) < 4.78 is 34.7. The van der Waals surface area contributed by atoms with E-state index in [0.717, 1.165) is 31.2 Å². The molecule has 0 unspecified atom stereocenters. The zero-order valence-electron chi connectivity index (χ0n) is 18.3. The number of rotatable bonds is 10. The molecule has 0 amide bonds. The van der Waals surface area contributed by atoms with Crippen LogP contribution in [0.25, 0.3) is 0 Å². The van der Waals surface area contributed by atoms with Gasteiger partial charge in [-0.1, -0.05) is 42.7 Å². The van der Waals surface area contributed by atoms with Gasteiger partial charge in [0, 0.05) is 0 Å². The van der Waals surface area contributed by atoms with E-state index in [1.807, 2.05) is 39.8 Å². The predicted octanol–water partition coefficient (Wildman–Crippen LogP) is 5.46. The summed E-state index contributed by atoms with van der Waals surface area (Å²) in [5.74, 6) is -0.311. The Balaban J connectivity index is 1.65. The highest BCUT2D eigenvalue weighted by Gasteiger charge is 2.17. The smallest absolute Gasteiger partial charge is 0.338 e. The molecule has 164 valence electrons. The minimum Gasteiger partial charge on any atom is -0.456 e. The number of hydrogen-bond donors (Lipinski definition) is 0. The minimum absolute atomic E-state index is 0.195. The molecular formula is C24H32O5S. The summed E-state index contributed by atoms with van der Waals surface area (Å²) in [6.07, 6.45) is 4.50. The lowest BCUT2D eigenvalue weighted by atomic mass is 10.0. The van der Waals surface area contributed by atoms with Crippen LogP contribution in [0.1, 0.15) is 67.9 Å². The van der Waals surface area contributed by atoms with Gasteiger partial charge < -0.3 is 4.74 Å². The molecule has 0 bridgehead atoms. The number of carbonyl (C=O) groups excluding carboxylic acids is 1. The SMILES string of the molecule is Cc1ccc(S(=O)(=O)OCCCCCCc2ccc(C(=O)OC(C)(C)C)cc2)cc1. The molecule has 0 fully saturated rings. The molecule has 0 aliphatic rings. The number of unbranched alkanes of at least 4 members (excludes halogenated alkanes) is 3. The van der Waals surface area contributed by atoms with Crippen molar-refractivity contribution in [1.29, 1.82) is 0 Å². The van der Waals surface area contributed by atoms with Gasteiger partial charge in [-0.2, -0.15) is 8.42 Å². The van der Waals surface area contributed by atoms with Gasteiger partial charge in [0.05, 0.1) is 17.1 Å². The molecule has 5 nitrogen and oxygen atoms in total. The van der Waals surface area contributed by atoms with Crippen molar-refractivity contribution in [2.75, 3.05) is 6.61 Å². The third-order valence-corrected chi connectivity index (χ3v) is 5.82. The zero-order chi connectivity index (χ0) is 22.2. The molecule has 2 aromatic carbocycles. The Bertz CT molecular complexity index is 908. The van der Waals surface area contributed by atoms with Crippen LogP contribution in [-0.2, 0) is 25.5 Å². The van der Waals surface area contributed by atoms with E-state index in [1.165, 1.54) is 5.56 Å². The molecule has 30 heavy (non-hydrogen) atoms. The van der Waals surface area contributed by atoms with Gasteiger partial charge >= 0.3 is 5.97 Å². The van der Waals surface area contributed by atoms with Crippen LogP contribution < -0.4 is 0 Å². The lowest BCUT2D eigenvalue weighted by molar-refractivity contribution is 0.00695. The lowest BCUT2D eigenvalue weighted by Crippen LogP contribution is -2.23. The predicted molar refractivity (Wildman–Crippen MR) is 118 cm³/mol. The topological polar surface area (TPSA) is 69.7 Å². The third-order valence-electron chi connectivity index (χ3n) is 4.50. The second-order valence-corrected chi connectivity index (χ2v) is 10.1. The molecule has 0 radical (unpaired) electrons. The van der Waals surface area contributed by atoms with E-state index in [9.17, 15) is 13.2 Å². The molecule has 0 spiro atoms. The third kappa shape index (κ3) is 8.28. The number of hydrogen-bond acceptors (Lipinski definition) is 5. The minimum atomic E-state index is -3.67. The number of ether oxygens (including phenoxy) is 1. The maximum Gasteiger partial charge on any atom is 0.338 e. The Kier molecular flexibility index (Phi) is 8.62. The van der Waals surface area contributed by atoms with Crippen LogP contribution in [0.5, 0.6) is 0 Å². The molecule has 0 saturated heterocycles. The van der Waals surface area contributed by atoms with E-state index in [2.05, 4.69) is 0 Å². The molecule has 6 heteroatoms. The summed E-state index contributed by atoms with van der Waals surface area (Å²) in [5, 5.41) is 0. The highest BCUT2D eigenvalue weighted by Crippen LogP contribution is 2.16. The van der Waals surface area contributed by atoms with Crippen LogP contribution in [-0.4, -0.2) is 26.6 Å². The Hall–Kier alpha value is -2.18.